The van der Waals surface area contributed by atoms with Crippen molar-refractivity contribution in [2.45, 2.75) is 26.7 Å². The second kappa shape index (κ2) is 5.12. The maximum Gasteiger partial charge on any atom is 0.339 e. The zero-order chi connectivity index (χ0) is 11.4. The standard InChI is InChI=1S/C11H14ClNO2/c1-4-15-11(14)10-5-9(6-12)7(2)13-8(10)3/h5H,4,6H2,1-3H3. The van der Waals surface area contributed by atoms with Crippen molar-refractivity contribution in [2.24, 2.45) is 0 Å². The first kappa shape index (κ1) is 12.0. The number of aryl methyl sites for hydroxylation is 2. The first-order valence-electron chi connectivity index (χ1n) is 4.80. The maximum atomic E-state index is 11.5. The van der Waals surface area contributed by atoms with Gasteiger partial charge in [0.25, 0.3) is 0 Å². The zero-order valence-corrected chi connectivity index (χ0v) is 9.89. The third-order valence-electron chi connectivity index (χ3n) is 2.15. The SMILES string of the molecule is CCOC(=O)c1cc(CCl)c(C)nc1C. The highest BCUT2D eigenvalue weighted by Gasteiger charge is 2.13. The van der Waals surface area contributed by atoms with E-state index in [-0.39, 0.29) is 5.97 Å². The van der Waals surface area contributed by atoms with Crippen LogP contribution in [0.4, 0.5) is 0 Å². The van der Waals surface area contributed by atoms with Crippen molar-refractivity contribution in [2.75, 3.05) is 6.61 Å². The molecule has 0 aromatic carbocycles. The summed E-state index contributed by atoms with van der Waals surface area (Å²) in [6, 6.07) is 1.75. The largest absolute Gasteiger partial charge is 0.462 e. The number of alkyl halides is 1. The summed E-state index contributed by atoms with van der Waals surface area (Å²) >= 11 is 5.75. The summed E-state index contributed by atoms with van der Waals surface area (Å²) in [5.41, 5.74) is 2.90. The monoisotopic (exact) mass is 227 g/mol. The lowest BCUT2D eigenvalue weighted by atomic mass is 10.1. The van der Waals surface area contributed by atoms with Crippen molar-refractivity contribution in [3.05, 3.63) is 28.6 Å². The topological polar surface area (TPSA) is 39.2 Å². The number of carbonyl (C=O) groups is 1. The molecular weight excluding hydrogens is 214 g/mol. The van der Waals surface area contributed by atoms with Crippen LogP contribution in [-0.4, -0.2) is 17.6 Å². The molecule has 0 saturated heterocycles. The lowest BCUT2D eigenvalue weighted by Crippen LogP contribution is -2.09. The molecular formula is C11H14ClNO2. The fourth-order valence-corrected chi connectivity index (χ4v) is 1.59. The lowest BCUT2D eigenvalue weighted by molar-refractivity contribution is 0.0525. The highest BCUT2D eigenvalue weighted by atomic mass is 35.5. The first-order chi connectivity index (χ1) is 7.10. The van der Waals surface area contributed by atoms with E-state index in [9.17, 15) is 4.79 Å². The van der Waals surface area contributed by atoms with Crippen LogP contribution in [0.3, 0.4) is 0 Å². The normalized spacial score (nSPS) is 10.1. The first-order valence-corrected chi connectivity index (χ1v) is 5.33. The van der Waals surface area contributed by atoms with Gasteiger partial charge in [0.2, 0.25) is 0 Å². The molecule has 0 aliphatic carbocycles. The fraction of sp³-hybridized carbons (Fsp3) is 0.455. The Morgan fingerprint density at radius 1 is 1.47 bits per heavy atom. The zero-order valence-electron chi connectivity index (χ0n) is 9.13. The predicted octanol–water partition coefficient (Wildman–Crippen LogP) is 2.61. The molecule has 0 amide bonds. The van der Waals surface area contributed by atoms with Crippen LogP contribution in [0.5, 0.6) is 0 Å². The van der Waals surface area contributed by atoms with E-state index in [0.717, 1.165) is 11.3 Å². The Kier molecular flexibility index (Phi) is 4.09. The molecule has 0 spiro atoms. The molecule has 1 heterocycles. The molecule has 1 aromatic rings. The third kappa shape index (κ3) is 2.69. The quantitative estimate of drug-likeness (QED) is 0.589. The number of aromatic nitrogens is 1. The molecule has 0 unspecified atom stereocenters. The van der Waals surface area contributed by atoms with Crippen molar-refractivity contribution >= 4 is 17.6 Å². The number of carbonyl (C=O) groups excluding carboxylic acids is 1. The van der Waals surface area contributed by atoms with E-state index in [1.807, 2.05) is 6.92 Å². The minimum atomic E-state index is -0.339. The van der Waals surface area contributed by atoms with Crippen LogP contribution in [0.15, 0.2) is 6.07 Å². The van der Waals surface area contributed by atoms with E-state index >= 15 is 0 Å². The van der Waals surface area contributed by atoms with Crippen LogP contribution in [0.25, 0.3) is 0 Å². The Morgan fingerprint density at radius 2 is 2.13 bits per heavy atom. The van der Waals surface area contributed by atoms with Crippen molar-refractivity contribution in [1.82, 2.24) is 4.98 Å². The van der Waals surface area contributed by atoms with E-state index in [4.69, 9.17) is 16.3 Å². The highest BCUT2D eigenvalue weighted by Crippen LogP contribution is 2.15. The minimum absolute atomic E-state index is 0.339. The second-order valence-corrected chi connectivity index (χ2v) is 3.49. The molecule has 0 radical (unpaired) electrons. The molecule has 15 heavy (non-hydrogen) atoms. The number of rotatable bonds is 3. The Morgan fingerprint density at radius 3 is 2.67 bits per heavy atom. The van der Waals surface area contributed by atoms with E-state index in [1.54, 1.807) is 19.9 Å². The van der Waals surface area contributed by atoms with Crippen LogP contribution in [0, 0.1) is 13.8 Å². The molecule has 0 aliphatic heterocycles. The number of ether oxygens (including phenoxy) is 1. The molecule has 0 saturated carbocycles. The summed E-state index contributed by atoms with van der Waals surface area (Å²) in [6.07, 6.45) is 0. The highest BCUT2D eigenvalue weighted by molar-refractivity contribution is 6.17. The van der Waals surface area contributed by atoms with Gasteiger partial charge in [-0.2, -0.15) is 0 Å². The Bertz CT molecular complexity index is 377. The number of hydrogen-bond acceptors (Lipinski definition) is 3. The lowest BCUT2D eigenvalue weighted by Gasteiger charge is -2.08. The Balaban J connectivity index is 3.12. The molecule has 3 nitrogen and oxygen atoms in total. The molecule has 1 aromatic heterocycles. The van der Waals surface area contributed by atoms with E-state index < -0.39 is 0 Å². The summed E-state index contributed by atoms with van der Waals surface area (Å²) in [6.45, 7) is 5.80. The van der Waals surface area contributed by atoms with Gasteiger partial charge >= 0.3 is 5.97 Å². The molecule has 4 heteroatoms. The van der Waals surface area contributed by atoms with Gasteiger partial charge in [0.1, 0.15) is 0 Å². The summed E-state index contributed by atoms with van der Waals surface area (Å²) in [7, 11) is 0. The van der Waals surface area contributed by atoms with Gasteiger partial charge in [-0.3, -0.25) is 4.98 Å². The van der Waals surface area contributed by atoms with E-state index in [2.05, 4.69) is 4.98 Å². The Hall–Kier alpha value is -1.09. The van der Waals surface area contributed by atoms with Gasteiger partial charge in [-0.15, -0.1) is 11.6 Å². The van der Waals surface area contributed by atoms with Crippen LogP contribution in [-0.2, 0) is 10.6 Å². The average Bonchev–Trinajstić information content (AvgIpc) is 2.18. The van der Waals surface area contributed by atoms with Crippen LogP contribution >= 0.6 is 11.6 Å². The van der Waals surface area contributed by atoms with Gasteiger partial charge in [-0.05, 0) is 32.4 Å². The van der Waals surface area contributed by atoms with Crippen LogP contribution in [0.1, 0.15) is 34.2 Å². The Labute approximate surface area is 94.4 Å². The number of nitrogens with zero attached hydrogens (tertiary/aromatic N) is 1. The van der Waals surface area contributed by atoms with Crippen LogP contribution < -0.4 is 0 Å². The fourth-order valence-electron chi connectivity index (χ4n) is 1.32. The number of esters is 1. The number of halogens is 1. The molecule has 1 rings (SSSR count). The second-order valence-electron chi connectivity index (χ2n) is 3.22. The molecule has 0 aliphatic rings. The number of pyridine rings is 1. The molecule has 0 fully saturated rings. The molecule has 0 atom stereocenters. The van der Waals surface area contributed by atoms with Crippen molar-refractivity contribution in [3.8, 4) is 0 Å². The molecule has 0 N–H and O–H groups in total. The van der Waals surface area contributed by atoms with E-state index in [0.29, 0.717) is 23.7 Å². The van der Waals surface area contributed by atoms with Gasteiger partial charge in [-0.25, -0.2) is 4.79 Å². The van der Waals surface area contributed by atoms with Crippen molar-refractivity contribution < 1.29 is 9.53 Å². The van der Waals surface area contributed by atoms with Gasteiger partial charge in [-0.1, -0.05) is 0 Å². The maximum absolute atomic E-state index is 11.5. The smallest absolute Gasteiger partial charge is 0.339 e. The average molecular weight is 228 g/mol. The summed E-state index contributed by atoms with van der Waals surface area (Å²) < 4.78 is 4.93. The predicted molar refractivity (Wildman–Crippen MR) is 59.2 cm³/mol. The summed E-state index contributed by atoms with van der Waals surface area (Å²) in [5.74, 6) is 0.0137. The summed E-state index contributed by atoms with van der Waals surface area (Å²) in [4.78, 5) is 15.8. The minimum Gasteiger partial charge on any atom is -0.462 e. The molecule has 82 valence electrons. The van der Waals surface area contributed by atoms with Crippen molar-refractivity contribution in [3.63, 3.8) is 0 Å². The van der Waals surface area contributed by atoms with Crippen LogP contribution in [0.2, 0.25) is 0 Å². The third-order valence-corrected chi connectivity index (χ3v) is 2.44. The number of hydrogen-bond donors (Lipinski definition) is 0. The van der Waals surface area contributed by atoms with Gasteiger partial charge in [0, 0.05) is 11.6 Å². The van der Waals surface area contributed by atoms with Crippen molar-refractivity contribution in [1.29, 1.82) is 0 Å². The van der Waals surface area contributed by atoms with Gasteiger partial charge < -0.3 is 4.74 Å². The molecule has 0 bridgehead atoms. The van der Waals surface area contributed by atoms with Gasteiger partial charge in [0.15, 0.2) is 0 Å². The summed E-state index contributed by atoms with van der Waals surface area (Å²) in [5, 5.41) is 0. The van der Waals surface area contributed by atoms with Gasteiger partial charge in [0.05, 0.1) is 17.9 Å². The van der Waals surface area contributed by atoms with E-state index in [1.165, 1.54) is 0 Å².